The number of halogens is 1. The maximum Gasteiger partial charge on any atom is 0.212 e. The van der Waals surface area contributed by atoms with Crippen LogP contribution in [-0.2, 0) is 10.0 Å². The van der Waals surface area contributed by atoms with Gasteiger partial charge in [0, 0.05) is 25.0 Å². The van der Waals surface area contributed by atoms with E-state index in [0.29, 0.717) is 12.5 Å². The summed E-state index contributed by atoms with van der Waals surface area (Å²) < 4.78 is 25.5. The summed E-state index contributed by atoms with van der Waals surface area (Å²) in [6.45, 7) is 2.75. The van der Waals surface area contributed by atoms with Gasteiger partial charge in [-0.25, -0.2) is 13.1 Å². The zero-order valence-corrected chi connectivity index (χ0v) is 10.9. The Bertz CT molecular complexity index is 330. The highest BCUT2D eigenvalue weighted by Crippen LogP contribution is 2.31. The van der Waals surface area contributed by atoms with Gasteiger partial charge in [-0.15, -0.1) is 11.6 Å². The summed E-state index contributed by atoms with van der Waals surface area (Å²) in [7, 11) is -3.14. The first-order valence-electron chi connectivity index (χ1n) is 5.88. The average Bonchev–Trinajstić information content (AvgIpc) is 2.95. The standard InChI is InChI=1S/C10H19ClN2O2S/c11-4-6-16(14,15)12-7-9-3-5-13(8-9)10-1-2-10/h9-10,12H,1-8H2. The smallest absolute Gasteiger partial charge is 0.212 e. The molecule has 0 amide bonds. The molecule has 2 fully saturated rings. The topological polar surface area (TPSA) is 49.4 Å². The quantitative estimate of drug-likeness (QED) is 0.718. The Morgan fingerprint density at radius 1 is 1.31 bits per heavy atom. The van der Waals surface area contributed by atoms with Gasteiger partial charge in [-0.2, -0.15) is 0 Å². The van der Waals surface area contributed by atoms with Crippen molar-refractivity contribution in [1.82, 2.24) is 9.62 Å². The lowest BCUT2D eigenvalue weighted by Gasteiger charge is -2.15. The van der Waals surface area contributed by atoms with Crippen LogP contribution in [0, 0.1) is 5.92 Å². The molecule has 6 heteroatoms. The number of nitrogens with zero attached hydrogens (tertiary/aromatic N) is 1. The molecule has 4 nitrogen and oxygen atoms in total. The normalized spacial score (nSPS) is 27.4. The molecule has 0 aromatic carbocycles. The van der Waals surface area contributed by atoms with Gasteiger partial charge in [0.1, 0.15) is 0 Å². The van der Waals surface area contributed by atoms with Crippen molar-refractivity contribution in [1.29, 1.82) is 0 Å². The third kappa shape index (κ3) is 3.58. The zero-order chi connectivity index (χ0) is 11.6. The minimum absolute atomic E-state index is 0.0214. The first-order valence-corrected chi connectivity index (χ1v) is 8.07. The van der Waals surface area contributed by atoms with E-state index in [2.05, 4.69) is 9.62 Å². The summed E-state index contributed by atoms with van der Waals surface area (Å²) in [5, 5.41) is 0. The SMILES string of the molecule is O=S(=O)(CCCl)NCC1CCN(C2CC2)C1. The molecule has 0 bridgehead atoms. The molecule has 0 aromatic heterocycles. The third-order valence-electron chi connectivity index (χ3n) is 3.32. The van der Waals surface area contributed by atoms with Crippen LogP contribution in [0.25, 0.3) is 0 Å². The van der Waals surface area contributed by atoms with Crippen molar-refractivity contribution in [2.24, 2.45) is 5.92 Å². The van der Waals surface area contributed by atoms with Crippen molar-refractivity contribution >= 4 is 21.6 Å². The molecule has 1 saturated heterocycles. The molecule has 1 saturated carbocycles. The molecule has 1 aliphatic carbocycles. The summed E-state index contributed by atoms with van der Waals surface area (Å²) in [4.78, 5) is 2.49. The van der Waals surface area contributed by atoms with Gasteiger partial charge in [-0.1, -0.05) is 0 Å². The lowest BCUT2D eigenvalue weighted by Crippen LogP contribution is -2.33. The van der Waals surface area contributed by atoms with Crippen LogP contribution in [0.4, 0.5) is 0 Å². The second-order valence-electron chi connectivity index (χ2n) is 4.74. The van der Waals surface area contributed by atoms with Gasteiger partial charge in [0.25, 0.3) is 0 Å². The predicted molar refractivity (Wildman–Crippen MR) is 65.2 cm³/mol. The van der Waals surface area contributed by atoms with E-state index < -0.39 is 10.0 Å². The minimum Gasteiger partial charge on any atom is -0.300 e. The number of hydrogen-bond acceptors (Lipinski definition) is 3. The molecule has 94 valence electrons. The highest BCUT2D eigenvalue weighted by atomic mass is 35.5. The monoisotopic (exact) mass is 266 g/mol. The molecule has 1 N–H and O–H groups in total. The average molecular weight is 267 g/mol. The van der Waals surface area contributed by atoms with E-state index in [1.807, 2.05) is 0 Å². The Morgan fingerprint density at radius 3 is 2.69 bits per heavy atom. The first-order chi connectivity index (χ1) is 7.61. The maximum absolute atomic E-state index is 11.4. The van der Waals surface area contributed by atoms with E-state index in [9.17, 15) is 8.42 Å². The van der Waals surface area contributed by atoms with Crippen molar-refractivity contribution in [2.75, 3.05) is 31.3 Å². The summed E-state index contributed by atoms with van der Waals surface area (Å²) >= 11 is 5.43. The van der Waals surface area contributed by atoms with Gasteiger partial charge in [0.15, 0.2) is 0 Å². The van der Waals surface area contributed by atoms with Gasteiger partial charge in [-0.3, -0.25) is 0 Å². The van der Waals surface area contributed by atoms with Crippen LogP contribution in [0.2, 0.25) is 0 Å². The van der Waals surface area contributed by atoms with E-state index in [0.717, 1.165) is 25.6 Å². The fourth-order valence-corrected chi connectivity index (χ4v) is 3.67. The van der Waals surface area contributed by atoms with Crippen LogP contribution in [0.3, 0.4) is 0 Å². The highest BCUT2D eigenvalue weighted by molar-refractivity contribution is 7.89. The van der Waals surface area contributed by atoms with Crippen LogP contribution >= 0.6 is 11.6 Å². The number of likely N-dealkylation sites (tertiary alicyclic amines) is 1. The molecule has 2 rings (SSSR count). The van der Waals surface area contributed by atoms with Crippen LogP contribution in [0.1, 0.15) is 19.3 Å². The van der Waals surface area contributed by atoms with Gasteiger partial charge in [0.2, 0.25) is 10.0 Å². The van der Waals surface area contributed by atoms with Crippen LogP contribution in [-0.4, -0.2) is 50.6 Å². The second kappa shape index (κ2) is 5.21. The van der Waals surface area contributed by atoms with Crippen molar-refractivity contribution in [3.05, 3.63) is 0 Å². The van der Waals surface area contributed by atoms with Crippen LogP contribution in [0.15, 0.2) is 0 Å². The molecular weight excluding hydrogens is 248 g/mol. The molecular formula is C10H19ClN2O2S. The van der Waals surface area contributed by atoms with Gasteiger partial charge < -0.3 is 4.90 Å². The fourth-order valence-electron chi connectivity index (χ4n) is 2.22. The molecule has 1 atom stereocenters. The Hall–Kier alpha value is 0.160. The number of rotatable bonds is 6. The maximum atomic E-state index is 11.4. The Labute approximate surface area is 102 Å². The van der Waals surface area contributed by atoms with Crippen molar-refractivity contribution in [2.45, 2.75) is 25.3 Å². The Kier molecular flexibility index (Phi) is 4.11. The van der Waals surface area contributed by atoms with Crippen LogP contribution in [0.5, 0.6) is 0 Å². The lowest BCUT2D eigenvalue weighted by atomic mass is 10.1. The number of nitrogens with one attached hydrogen (secondary N) is 1. The highest BCUT2D eigenvalue weighted by Gasteiger charge is 2.34. The second-order valence-corrected chi connectivity index (χ2v) is 7.04. The molecule has 1 unspecified atom stereocenters. The van der Waals surface area contributed by atoms with E-state index in [-0.39, 0.29) is 11.6 Å². The van der Waals surface area contributed by atoms with E-state index in [1.165, 1.54) is 12.8 Å². The molecule has 1 heterocycles. The van der Waals surface area contributed by atoms with Crippen molar-refractivity contribution in [3.63, 3.8) is 0 Å². The number of sulfonamides is 1. The lowest BCUT2D eigenvalue weighted by molar-refractivity contribution is 0.314. The largest absolute Gasteiger partial charge is 0.300 e. The van der Waals surface area contributed by atoms with Crippen LogP contribution < -0.4 is 4.72 Å². The summed E-state index contributed by atoms with van der Waals surface area (Å²) in [6, 6.07) is 0.796. The molecule has 1 aliphatic heterocycles. The first kappa shape index (κ1) is 12.6. The molecule has 16 heavy (non-hydrogen) atoms. The fraction of sp³-hybridized carbons (Fsp3) is 1.00. The van der Waals surface area contributed by atoms with Crippen molar-refractivity contribution in [3.8, 4) is 0 Å². The molecule has 0 aromatic rings. The number of hydrogen-bond donors (Lipinski definition) is 1. The van der Waals surface area contributed by atoms with E-state index in [1.54, 1.807) is 0 Å². The van der Waals surface area contributed by atoms with Crippen molar-refractivity contribution < 1.29 is 8.42 Å². The minimum atomic E-state index is -3.14. The molecule has 0 radical (unpaired) electrons. The Morgan fingerprint density at radius 2 is 2.06 bits per heavy atom. The zero-order valence-electron chi connectivity index (χ0n) is 9.36. The number of alkyl halides is 1. The summed E-state index contributed by atoms with van der Waals surface area (Å²) in [5.74, 6) is 0.660. The Balaban J connectivity index is 1.70. The predicted octanol–water partition coefficient (Wildman–Crippen LogP) is 0.629. The van der Waals surface area contributed by atoms with E-state index >= 15 is 0 Å². The summed E-state index contributed by atoms with van der Waals surface area (Å²) in [6.07, 6.45) is 3.76. The van der Waals surface area contributed by atoms with Gasteiger partial charge >= 0.3 is 0 Å². The molecule has 2 aliphatic rings. The van der Waals surface area contributed by atoms with Gasteiger partial charge in [0.05, 0.1) is 5.75 Å². The molecule has 0 spiro atoms. The van der Waals surface area contributed by atoms with E-state index in [4.69, 9.17) is 11.6 Å². The summed E-state index contributed by atoms with van der Waals surface area (Å²) in [5.41, 5.74) is 0. The van der Waals surface area contributed by atoms with Gasteiger partial charge in [-0.05, 0) is 31.7 Å². The third-order valence-corrected chi connectivity index (χ3v) is 5.08.